The van der Waals surface area contributed by atoms with Crippen molar-refractivity contribution in [3.8, 4) is 11.5 Å². The molecular weight excluding hydrogens is 204 g/mol. The fraction of sp³-hybridized carbons (Fsp3) is 0.538. The monoisotopic (exact) mass is 224 g/mol. The Bertz CT molecular complexity index is 314. The van der Waals surface area contributed by atoms with Crippen molar-refractivity contribution in [3.05, 3.63) is 23.8 Å². The Labute approximate surface area is 97.0 Å². The zero-order valence-electron chi connectivity index (χ0n) is 10.4. The van der Waals surface area contributed by atoms with Gasteiger partial charge >= 0.3 is 0 Å². The number of benzene rings is 1. The molecule has 0 bridgehead atoms. The van der Waals surface area contributed by atoms with E-state index in [4.69, 9.17) is 9.47 Å². The summed E-state index contributed by atoms with van der Waals surface area (Å²) in [5, 5.41) is 10.3. The molecule has 1 aromatic carbocycles. The van der Waals surface area contributed by atoms with Crippen LogP contribution in [0.15, 0.2) is 18.2 Å². The summed E-state index contributed by atoms with van der Waals surface area (Å²) in [7, 11) is 3.20. The van der Waals surface area contributed by atoms with E-state index >= 15 is 0 Å². The SMILES string of the molecule is CCC(C)C(O)c1c(OC)cccc1OC. The van der Waals surface area contributed by atoms with Gasteiger partial charge in [-0.15, -0.1) is 0 Å². The van der Waals surface area contributed by atoms with Crippen LogP contribution in [0.2, 0.25) is 0 Å². The number of hydrogen-bond acceptors (Lipinski definition) is 3. The molecule has 0 aliphatic heterocycles. The van der Waals surface area contributed by atoms with Crippen LogP contribution in [0.25, 0.3) is 0 Å². The quantitative estimate of drug-likeness (QED) is 0.835. The van der Waals surface area contributed by atoms with E-state index in [1.54, 1.807) is 14.2 Å². The summed E-state index contributed by atoms with van der Waals surface area (Å²) >= 11 is 0. The Hall–Kier alpha value is -1.22. The van der Waals surface area contributed by atoms with E-state index in [-0.39, 0.29) is 5.92 Å². The molecule has 0 aliphatic carbocycles. The van der Waals surface area contributed by atoms with Crippen molar-refractivity contribution in [1.29, 1.82) is 0 Å². The van der Waals surface area contributed by atoms with Gasteiger partial charge in [0.25, 0.3) is 0 Å². The van der Waals surface area contributed by atoms with Gasteiger partial charge in [0, 0.05) is 0 Å². The van der Waals surface area contributed by atoms with Gasteiger partial charge in [-0.2, -0.15) is 0 Å². The van der Waals surface area contributed by atoms with Crippen LogP contribution in [0, 0.1) is 5.92 Å². The maximum absolute atomic E-state index is 10.3. The van der Waals surface area contributed by atoms with Crippen LogP contribution in [0.1, 0.15) is 31.9 Å². The number of aliphatic hydroxyl groups is 1. The molecule has 0 amide bonds. The maximum atomic E-state index is 10.3. The highest BCUT2D eigenvalue weighted by Gasteiger charge is 2.22. The summed E-state index contributed by atoms with van der Waals surface area (Å²) < 4.78 is 10.5. The molecule has 1 rings (SSSR count). The largest absolute Gasteiger partial charge is 0.496 e. The second kappa shape index (κ2) is 5.75. The maximum Gasteiger partial charge on any atom is 0.128 e. The molecule has 3 heteroatoms. The first-order chi connectivity index (χ1) is 7.65. The summed E-state index contributed by atoms with van der Waals surface area (Å²) in [5.41, 5.74) is 0.738. The van der Waals surface area contributed by atoms with Gasteiger partial charge in [-0.25, -0.2) is 0 Å². The van der Waals surface area contributed by atoms with Gasteiger partial charge in [-0.05, 0) is 18.1 Å². The first-order valence-electron chi connectivity index (χ1n) is 5.54. The molecule has 0 heterocycles. The van der Waals surface area contributed by atoms with Gasteiger partial charge in [-0.3, -0.25) is 0 Å². The number of methoxy groups -OCH3 is 2. The average molecular weight is 224 g/mol. The molecule has 0 aliphatic rings. The third-order valence-electron chi connectivity index (χ3n) is 2.94. The van der Waals surface area contributed by atoms with Crippen molar-refractivity contribution < 1.29 is 14.6 Å². The predicted molar refractivity (Wildman–Crippen MR) is 64.0 cm³/mol. The molecule has 0 aromatic heterocycles. The molecule has 0 fully saturated rings. The van der Waals surface area contributed by atoms with E-state index in [0.717, 1.165) is 12.0 Å². The van der Waals surface area contributed by atoms with E-state index in [1.807, 2.05) is 25.1 Å². The lowest BCUT2D eigenvalue weighted by atomic mass is 9.94. The fourth-order valence-electron chi connectivity index (χ4n) is 1.68. The number of hydrogen-bond donors (Lipinski definition) is 1. The third-order valence-corrected chi connectivity index (χ3v) is 2.94. The Morgan fingerprint density at radius 3 is 2.06 bits per heavy atom. The molecule has 1 N–H and O–H groups in total. The van der Waals surface area contributed by atoms with Crippen LogP contribution in [0.4, 0.5) is 0 Å². The van der Waals surface area contributed by atoms with Crippen molar-refractivity contribution in [3.63, 3.8) is 0 Å². The van der Waals surface area contributed by atoms with Crippen LogP contribution < -0.4 is 9.47 Å². The molecule has 0 radical (unpaired) electrons. The van der Waals surface area contributed by atoms with Crippen LogP contribution in [-0.2, 0) is 0 Å². The second-order valence-electron chi connectivity index (χ2n) is 3.91. The normalized spacial score (nSPS) is 14.3. The highest BCUT2D eigenvalue weighted by molar-refractivity contribution is 5.46. The summed E-state index contributed by atoms with van der Waals surface area (Å²) in [6.07, 6.45) is 0.346. The lowest BCUT2D eigenvalue weighted by Crippen LogP contribution is -2.11. The third kappa shape index (κ3) is 2.47. The minimum atomic E-state index is -0.559. The predicted octanol–water partition coefficient (Wildman–Crippen LogP) is 2.78. The highest BCUT2D eigenvalue weighted by Crippen LogP contribution is 2.38. The van der Waals surface area contributed by atoms with E-state index in [0.29, 0.717) is 11.5 Å². The van der Waals surface area contributed by atoms with Gasteiger partial charge < -0.3 is 14.6 Å². The summed E-state index contributed by atoms with van der Waals surface area (Å²) in [5.74, 6) is 1.52. The van der Waals surface area contributed by atoms with Crippen LogP contribution >= 0.6 is 0 Å². The number of ether oxygens (including phenoxy) is 2. The summed E-state index contributed by atoms with van der Waals surface area (Å²) in [6, 6.07) is 5.53. The minimum Gasteiger partial charge on any atom is -0.496 e. The summed E-state index contributed by atoms with van der Waals surface area (Å²) in [4.78, 5) is 0. The van der Waals surface area contributed by atoms with Crippen molar-refractivity contribution in [2.75, 3.05) is 14.2 Å². The molecule has 0 saturated carbocycles. The van der Waals surface area contributed by atoms with Gasteiger partial charge in [0.1, 0.15) is 11.5 Å². The standard InChI is InChI=1S/C13H20O3/c1-5-9(2)13(14)12-10(15-3)7-6-8-11(12)16-4/h6-9,13-14H,5H2,1-4H3. The van der Waals surface area contributed by atoms with Gasteiger partial charge in [0.15, 0.2) is 0 Å². The molecule has 16 heavy (non-hydrogen) atoms. The summed E-state index contributed by atoms with van der Waals surface area (Å²) in [6.45, 7) is 4.06. The Balaban J connectivity index is 3.17. The van der Waals surface area contributed by atoms with Crippen molar-refractivity contribution in [2.24, 2.45) is 5.92 Å². The van der Waals surface area contributed by atoms with E-state index in [1.165, 1.54) is 0 Å². The molecule has 2 atom stereocenters. The van der Waals surface area contributed by atoms with E-state index in [2.05, 4.69) is 6.92 Å². The topological polar surface area (TPSA) is 38.7 Å². The molecular formula is C13H20O3. The molecule has 90 valence electrons. The molecule has 0 spiro atoms. The highest BCUT2D eigenvalue weighted by atomic mass is 16.5. The van der Waals surface area contributed by atoms with Gasteiger partial charge in [0.2, 0.25) is 0 Å². The first-order valence-corrected chi connectivity index (χ1v) is 5.54. The van der Waals surface area contributed by atoms with Crippen LogP contribution in [0.5, 0.6) is 11.5 Å². The lowest BCUT2D eigenvalue weighted by molar-refractivity contribution is 0.109. The fourth-order valence-corrected chi connectivity index (χ4v) is 1.68. The first kappa shape index (κ1) is 12.8. The van der Waals surface area contributed by atoms with E-state index < -0.39 is 6.10 Å². The lowest BCUT2D eigenvalue weighted by Gasteiger charge is -2.22. The second-order valence-corrected chi connectivity index (χ2v) is 3.91. The molecule has 2 unspecified atom stereocenters. The zero-order valence-corrected chi connectivity index (χ0v) is 10.4. The van der Waals surface area contributed by atoms with Crippen molar-refractivity contribution >= 4 is 0 Å². The van der Waals surface area contributed by atoms with Crippen molar-refractivity contribution in [2.45, 2.75) is 26.4 Å². The van der Waals surface area contributed by atoms with Gasteiger partial charge in [-0.1, -0.05) is 26.3 Å². The minimum absolute atomic E-state index is 0.171. The van der Waals surface area contributed by atoms with Gasteiger partial charge in [0.05, 0.1) is 25.9 Å². The Morgan fingerprint density at radius 1 is 1.19 bits per heavy atom. The van der Waals surface area contributed by atoms with Crippen molar-refractivity contribution in [1.82, 2.24) is 0 Å². The van der Waals surface area contributed by atoms with Crippen LogP contribution in [0.3, 0.4) is 0 Å². The zero-order chi connectivity index (χ0) is 12.1. The molecule has 3 nitrogen and oxygen atoms in total. The smallest absolute Gasteiger partial charge is 0.128 e. The molecule has 1 aromatic rings. The van der Waals surface area contributed by atoms with E-state index in [9.17, 15) is 5.11 Å². The number of aliphatic hydroxyl groups excluding tert-OH is 1. The Morgan fingerprint density at radius 2 is 1.69 bits per heavy atom. The molecule has 0 saturated heterocycles. The Kier molecular flexibility index (Phi) is 4.62. The van der Waals surface area contributed by atoms with Crippen LogP contribution in [-0.4, -0.2) is 19.3 Å². The average Bonchev–Trinajstić information content (AvgIpc) is 2.35. The number of rotatable bonds is 5.